The van der Waals surface area contributed by atoms with Gasteiger partial charge in [0.25, 0.3) is 5.82 Å². The van der Waals surface area contributed by atoms with Crippen molar-refractivity contribution in [3.05, 3.63) is 82.9 Å². The molecule has 0 fully saturated rings. The smallest absolute Gasteiger partial charge is 0.225 e. The summed E-state index contributed by atoms with van der Waals surface area (Å²) < 4.78 is 4.97. The third-order valence-corrected chi connectivity index (χ3v) is 11.3. The molecule has 0 atom stereocenters. The van der Waals surface area contributed by atoms with Crippen molar-refractivity contribution in [1.29, 1.82) is 0 Å². The Balaban J connectivity index is 1.95. The van der Waals surface area contributed by atoms with Crippen molar-refractivity contribution < 1.29 is 4.57 Å². The van der Waals surface area contributed by atoms with E-state index in [2.05, 4.69) is 167 Å². The minimum absolute atomic E-state index is 0.200. The van der Waals surface area contributed by atoms with Crippen LogP contribution in [-0.2, 0) is 17.9 Å². The molecule has 5 rings (SSSR count). The molecule has 0 unspecified atom stereocenters. The lowest BCUT2D eigenvalue weighted by Gasteiger charge is -2.24. The second-order valence-electron chi connectivity index (χ2n) is 17.1. The highest BCUT2D eigenvalue weighted by Gasteiger charge is 2.34. The Morgan fingerprint density at radius 2 is 1.26 bits per heavy atom. The molecule has 0 saturated heterocycles. The van der Waals surface area contributed by atoms with Crippen molar-refractivity contribution in [2.45, 2.75) is 118 Å². The maximum atomic E-state index is 5.13. The fraction of sp³-hybridized carbons (Fsp3) is 0.463. The summed E-state index contributed by atoms with van der Waals surface area (Å²) in [4.78, 5) is 15.2. The molecular formula is C41H56N5Si+. The van der Waals surface area contributed by atoms with Crippen LogP contribution in [0.2, 0.25) is 19.6 Å². The Labute approximate surface area is 284 Å². The second-order valence-corrected chi connectivity index (χ2v) is 22.2. The number of benzene rings is 3. The van der Waals surface area contributed by atoms with E-state index in [0.29, 0.717) is 0 Å². The maximum absolute atomic E-state index is 5.13. The first kappa shape index (κ1) is 34.7. The monoisotopic (exact) mass is 646 g/mol. The molecule has 0 saturated carbocycles. The lowest BCUT2D eigenvalue weighted by atomic mass is 9.89. The van der Waals surface area contributed by atoms with E-state index in [1.165, 1.54) is 50.0 Å². The Kier molecular flexibility index (Phi) is 8.93. The number of rotatable bonds is 6. The van der Waals surface area contributed by atoms with Gasteiger partial charge in [0, 0.05) is 27.5 Å². The minimum Gasteiger partial charge on any atom is -0.225 e. The summed E-state index contributed by atoms with van der Waals surface area (Å²) in [5.41, 5.74) is 9.53. The molecule has 6 heteroatoms. The largest absolute Gasteiger partial charge is 0.295 e. The van der Waals surface area contributed by atoms with E-state index in [-0.39, 0.29) is 22.7 Å². The van der Waals surface area contributed by atoms with Gasteiger partial charge in [-0.2, -0.15) is 4.57 Å². The average molecular weight is 647 g/mol. The van der Waals surface area contributed by atoms with Crippen LogP contribution in [0, 0.1) is 6.92 Å². The molecule has 0 aliphatic carbocycles. The van der Waals surface area contributed by atoms with Gasteiger partial charge in [-0.25, -0.2) is 19.5 Å². The van der Waals surface area contributed by atoms with Gasteiger partial charge in [-0.15, -0.1) is 0 Å². The average Bonchev–Trinajstić information content (AvgIpc) is 3.26. The standard InChI is InChI=1S/C41H56N5Si/c1-25(2)31-22-28(36-42-38(40(6,7)8)44-39(43-36)41(9,10)11)23-32(26(3)4)35(31)46-34-24-29(47(13,14)15)20-21-33(34)45(12)37(46)30-19-17-16-18-27(30)5/h16-26H,1-15H3/q+1. The molecule has 248 valence electrons. The predicted octanol–water partition coefficient (Wildman–Crippen LogP) is 9.67. The molecule has 5 aromatic rings. The minimum atomic E-state index is -1.58. The van der Waals surface area contributed by atoms with E-state index in [1.807, 2.05) is 0 Å². The fourth-order valence-corrected chi connectivity index (χ4v) is 7.46. The molecule has 3 aromatic carbocycles. The van der Waals surface area contributed by atoms with E-state index in [0.717, 1.165) is 23.0 Å². The zero-order valence-electron chi connectivity index (χ0n) is 31.6. The topological polar surface area (TPSA) is 47.5 Å². The Morgan fingerprint density at radius 3 is 1.72 bits per heavy atom. The molecule has 0 spiro atoms. The van der Waals surface area contributed by atoms with Gasteiger partial charge < -0.3 is 0 Å². The highest BCUT2D eigenvalue weighted by Crippen LogP contribution is 2.40. The molecule has 0 amide bonds. The maximum Gasteiger partial charge on any atom is 0.295 e. The zero-order valence-corrected chi connectivity index (χ0v) is 32.6. The number of nitrogens with zero attached hydrogens (tertiary/aromatic N) is 5. The predicted molar refractivity (Wildman–Crippen MR) is 202 cm³/mol. The van der Waals surface area contributed by atoms with Crippen molar-refractivity contribution >= 4 is 24.3 Å². The highest BCUT2D eigenvalue weighted by atomic mass is 28.3. The second kappa shape index (κ2) is 12.1. The van der Waals surface area contributed by atoms with Crippen molar-refractivity contribution in [1.82, 2.24) is 19.5 Å². The summed E-state index contributed by atoms with van der Waals surface area (Å²) >= 11 is 0. The van der Waals surface area contributed by atoms with Crippen molar-refractivity contribution in [3.8, 4) is 28.5 Å². The van der Waals surface area contributed by atoms with Gasteiger partial charge in [-0.05, 0) is 54.7 Å². The van der Waals surface area contributed by atoms with Gasteiger partial charge >= 0.3 is 0 Å². The summed E-state index contributed by atoms with van der Waals surface area (Å²) in [6.45, 7) is 31.9. The number of aryl methyl sites for hydroxylation is 2. The zero-order chi connectivity index (χ0) is 34.8. The normalized spacial score (nSPS) is 13.0. The van der Waals surface area contributed by atoms with Crippen LogP contribution in [0.3, 0.4) is 0 Å². The Morgan fingerprint density at radius 1 is 0.723 bits per heavy atom. The lowest BCUT2D eigenvalue weighted by Crippen LogP contribution is -2.37. The van der Waals surface area contributed by atoms with Crippen LogP contribution >= 0.6 is 0 Å². The molecule has 0 radical (unpaired) electrons. The number of hydrogen-bond acceptors (Lipinski definition) is 3. The van der Waals surface area contributed by atoms with Crippen molar-refractivity contribution in [2.24, 2.45) is 7.05 Å². The SMILES string of the molecule is Cc1ccccc1-c1n(-c2c(C(C)C)cc(-c3nc(C(C)(C)C)nc(C(C)(C)C)n3)cc2C(C)C)c2cc([Si](C)(C)C)ccc2[n+]1C. The molecule has 2 heterocycles. The van der Waals surface area contributed by atoms with E-state index in [1.54, 1.807) is 0 Å². The summed E-state index contributed by atoms with van der Waals surface area (Å²) in [6, 6.07) is 20.7. The van der Waals surface area contributed by atoms with Crippen LogP contribution in [0.1, 0.15) is 109 Å². The van der Waals surface area contributed by atoms with E-state index in [9.17, 15) is 0 Å². The van der Waals surface area contributed by atoms with E-state index >= 15 is 0 Å². The van der Waals surface area contributed by atoms with Crippen LogP contribution in [0.5, 0.6) is 0 Å². The third-order valence-electron chi connectivity index (χ3n) is 9.23. The molecule has 0 aliphatic heterocycles. The molecule has 0 N–H and O–H groups in total. The van der Waals surface area contributed by atoms with Gasteiger partial charge in [0.05, 0.1) is 20.7 Å². The highest BCUT2D eigenvalue weighted by molar-refractivity contribution is 6.88. The Hall–Kier alpha value is -3.64. The number of aromatic nitrogens is 5. The van der Waals surface area contributed by atoms with Crippen LogP contribution in [-0.4, -0.2) is 27.6 Å². The lowest BCUT2D eigenvalue weighted by molar-refractivity contribution is -0.633. The number of imidazole rings is 1. The first-order valence-corrected chi connectivity index (χ1v) is 20.8. The summed E-state index contributed by atoms with van der Waals surface area (Å²) in [5, 5.41) is 1.46. The van der Waals surface area contributed by atoms with Crippen LogP contribution in [0.15, 0.2) is 54.6 Å². The third kappa shape index (κ3) is 6.58. The van der Waals surface area contributed by atoms with Gasteiger partial charge in [-0.1, -0.05) is 118 Å². The number of fused-ring (bicyclic) bond motifs is 1. The van der Waals surface area contributed by atoms with Crippen LogP contribution in [0.4, 0.5) is 0 Å². The quantitative estimate of drug-likeness (QED) is 0.136. The van der Waals surface area contributed by atoms with Crippen LogP contribution in [0.25, 0.3) is 39.5 Å². The molecular weight excluding hydrogens is 591 g/mol. The summed E-state index contributed by atoms with van der Waals surface area (Å²) in [5.74, 6) is 4.15. The molecule has 0 bridgehead atoms. The van der Waals surface area contributed by atoms with Crippen molar-refractivity contribution in [2.75, 3.05) is 0 Å². The number of hydrogen-bond donors (Lipinski definition) is 0. The molecule has 47 heavy (non-hydrogen) atoms. The summed E-state index contributed by atoms with van der Waals surface area (Å²) in [7, 11) is 0.639. The van der Waals surface area contributed by atoms with Gasteiger partial charge in [0.15, 0.2) is 16.9 Å². The fourth-order valence-electron chi connectivity index (χ4n) is 6.31. The summed E-state index contributed by atoms with van der Waals surface area (Å²) in [6.07, 6.45) is 0. The van der Waals surface area contributed by atoms with Crippen molar-refractivity contribution in [3.63, 3.8) is 0 Å². The van der Waals surface area contributed by atoms with Gasteiger partial charge in [0.2, 0.25) is 0 Å². The molecule has 2 aromatic heterocycles. The molecule has 0 aliphatic rings. The Bertz CT molecular complexity index is 1900. The first-order valence-electron chi connectivity index (χ1n) is 17.3. The van der Waals surface area contributed by atoms with Gasteiger partial charge in [-0.3, -0.25) is 0 Å². The first-order chi connectivity index (χ1) is 21.7. The van der Waals surface area contributed by atoms with Crippen LogP contribution < -0.4 is 9.75 Å². The van der Waals surface area contributed by atoms with Gasteiger partial charge in [0.1, 0.15) is 17.3 Å². The van der Waals surface area contributed by atoms with E-state index in [4.69, 9.17) is 15.0 Å². The van der Waals surface area contributed by atoms with E-state index < -0.39 is 8.07 Å². The molecule has 5 nitrogen and oxygen atoms in total.